The summed E-state index contributed by atoms with van der Waals surface area (Å²) in [6.07, 6.45) is 3.54. The van der Waals surface area contributed by atoms with Gasteiger partial charge in [-0.2, -0.15) is 0 Å². The van der Waals surface area contributed by atoms with Crippen LogP contribution in [0.15, 0.2) is 16.7 Å². The Kier molecular flexibility index (Phi) is 4.13. The van der Waals surface area contributed by atoms with E-state index in [0.29, 0.717) is 10.5 Å². The number of aromatic nitrogens is 1. The zero-order valence-corrected chi connectivity index (χ0v) is 11.7. The molecule has 0 spiro atoms. The molecule has 7 heteroatoms. The Morgan fingerprint density at radius 3 is 3.00 bits per heavy atom. The fourth-order valence-corrected chi connectivity index (χ4v) is 2.73. The number of hydrogen-bond acceptors (Lipinski definition) is 5. The van der Waals surface area contributed by atoms with Gasteiger partial charge in [0.2, 0.25) is 0 Å². The molecule has 0 amide bonds. The maximum atomic E-state index is 10.7. The summed E-state index contributed by atoms with van der Waals surface area (Å²) in [6.45, 7) is 1.97. The molecule has 1 unspecified atom stereocenters. The van der Waals surface area contributed by atoms with Crippen molar-refractivity contribution < 1.29 is 4.92 Å². The fraction of sp³-hybridized carbons (Fsp3) is 0.545. The van der Waals surface area contributed by atoms with Crippen LogP contribution in [0.4, 0.5) is 11.5 Å². The quantitative estimate of drug-likeness (QED) is 0.682. The second-order valence-electron chi connectivity index (χ2n) is 4.37. The van der Waals surface area contributed by atoms with Crippen LogP contribution in [-0.4, -0.2) is 36.1 Å². The van der Waals surface area contributed by atoms with Crippen LogP contribution in [0.1, 0.15) is 12.8 Å². The van der Waals surface area contributed by atoms with E-state index < -0.39 is 4.92 Å². The lowest BCUT2D eigenvalue weighted by atomic mass is 10.1. The molecule has 0 aromatic carbocycles. The van der Waals surface area contributed by atoms with Crippen LogP contribution in [0, 0.1) is 10.1 Å². The van der Waals surface area contributed by atoms with Gasteiger partial charge in [-0.25, -0.2) is 4.98 Å². The number of halogens is 1. The number of piperidine rings is 1. The molecule has 1 aliphatic heterocycles. The lowest BCUT2D eigenvalue weighted by Gasteiger charge is -2.32. The molecule has 0 aliphatic carbocycles. The maximum absolute atomic E-state index is 10.7. The van der Waals surface area contributed by atoms with Crippen molar-refractivity contribution in [3.8, 4) is 0 Å². The minimum absolute atomic E-state index is 0.000735. The minimum atomic E-state index is -0.441. The predicted octanol–water partition coefficient (Wildman–Crippen LogP) is 1.94. The van der Waals surface area contributed by atoms with Gasteiger partial charge in [-0.05, 0) is 35.3 Å². The topological polar surface area (TPSA) is 71.3 Å². The molecule has 18 heavy (non-hydrogen) atoms. The van der Waals surface area contributed by atoms with Gasteiger partial charge in [0.25, 0.3) is 5.69 Å². The Morgan fingerprint density at radius 2 is 2.44 bits per heavy atom. The molecule has 1 atom stereocenters. The third-order valence-electron chi connectivity index (χ3n) is 3.17. The molecule has 1 aromatic heterocycles. The van der Waals surface area contributed by atoms with E-state index in [0.717, 1.165) is 31.7 Å². The van der Waals surface area contributed by atoms with Crippen molar-refractivity contribution >= 4 is 27.4 Å². The SMILES string of the molecule is CN(c1ncc([N+](=O)[O-])cc1Br)C1CCCNC1. The molecular weight excluding hydrogens is 300 g/mol. The first-order valence-corrected chi connectivity index (χ1v) is 6.62. The largest absolute Gasteiger partial charge is 0.354 e. The molecule has 6 nitrogen and oxygen atoms in total. The number of pyridine rings is 1. The fourth-order valence-electron chi connectivity index (χ4n) is 2.12. The summed E-state index contributed by atoms with van der Waals surface area (Å²) < 4.78 is 0.657. The lowest BCUT2D eigenvalue weighted by molar-refractivity contribution is -0.385. The van der Waals surface area contributed by atoms with Crippen molar-refractivity contribution in [2.45, 2.75) is 18.9 Å². The third-order valence-corrected chi connectivity index (χ3v) is 3.75. The highest BCUT2D eigenvalue weighted by atomic mass is 79.9. The van der Waals surface area contributed by atoms with E-state index in [1.807, 2.05) is 7.05 Å². The third kappa shape index (κ3) is 2.78. The van der Waals surface area contributed by atoms with E-state index in [4.69, 9.17) is 0 Å². The van der Waals surface area contributed by atoms with Gasteiger partial charge in [0, 0.05) is 25.7 Å². The summed E-state index contributed by atoms with van der Waals surface area (Å²) in [7, 11) is 1.97. The van der Waals surface area contributed by atoms with Gasteiger partial charge in [0.1, 0.15) is 12.0 Å². The number of nitro groups is 1. The molecule has 0 radical (unpaired) electrons. The Bertz CT molecular complexity index is 449. The van der Waals surface area contributed by atoms with E-state index in [-0.39, 0.29) is 5.69 Å². The van der Waals surface area contributed by atoms with Gasteiger partial charge < -0.3 is 10.2 Å². The second-order valence-corrected chi connectivity index (χ2v) is 5.22. The standard InChI is InChI=1S/C11H15BrN4O2/c1-15(8-3-2-4-13-6-8)11-10(12)5-9(7-14-11)16(17)18/h5,7-8,13H,2-4,6H2,1H3. The van der Waals surface area contributed by atoms with E-state index in [1.165, 1.54) is 12.3 Å². The molecule has 0 saturated carbocycles. The molecule has 0 bridgehead atoms. The summed E-state index contributed by atoms with van der Waals surface area (Å²) in [5, 5.41) is 14.0. The van der Waals surface area contributed by atoms with Crippen LogP contribution in [0.5, 0.6) is 0 Å². The molecule has 2 heterocycles. The molecule has 2 rings (SSSR count). The zero-order valence-electron chi connectivity index (χ0n) is 10.1. The maximum Gasteiger partial charge on any atom is 0.288 e. The van der Waals surface area contributed by atoms with Crippen molar-refractivity contribution in [3.63, 3.8) is 0 Å². The molecule has 1 aromatic rings. The zero-order chi connectivity index (χ0) is 13.1. The molecule has 1 fully saturated rings. The molecule has 1 aliphatic rings. The number of hydrogen-bond donors (Lipinski definition) is 1. The summed E-state index contributed by atoms with van der Waals surface area (Å²) >= 11 is 3.35. The van der Waals surface area contributed by atoms with Crippen molar-refractivity contribution in [1.29, 1.82) is 0 Å². The van der Waals surface area contributed by atoms with E-state index in [2.05, 4.69) is 31.1 Å². The van der Waals surface area contributed by atoms with Gasteiger partial charge in [0.15, 0.2) is 0 Å². The van der Waals surface area contributed by atoms with Crippen LogP contribution >= 0.6 is 15.9 Å². The van der Waals surface area contributed by atoms with Gasteiger partial charge >= 0.3 is 0 Å². The number of nitrogens with one attached hydrogen (secondary N) is 1. The normalized spacial score (nSPS) is 19.6. The Hall–Kier alpha value is -1.21. The highest BCUT2D eigenvalue weighted by Crippen LogP contribution is 2.28. The van der Waals surface area contributed by atoms with Crippen LogP contribution in [-0.2, 0) is 0 Å². The predicted molar refractivity (Wildman–Crippen MR) is 72.9 cm³/mol. The summed E-state index contributed by atoms with van der Waals surface area (Å²) in [5.41, 5.74) is 0.000735. The first-order chi connectivity index (χ1) is 8.59. The minimum Gasteiger partial charge on any atom is -0.354 e. The average molecular weight is 315 g/mol. The van der Waals surface area contributed by atoms with E-state index >= 15 is 0 Å². The molecule has 1 N–H and O–H groups in total. The molecule has 98 valence electrons. The van der Waals surface area contributed by atoms with Crippen molar-refractivity contribution in [2.24, 2.45) is 0 Å². The number of anilines is 1. The van der Waals surface area contributed by atoms with Crippen LogP contribution < -0.4 is 10.2 Å². The molecular formula is C11H15BrN4O2. The van der Waals surface area contributed by atoms with Crippen molar-refractivity contribution in [1.82, 2.24) is 10.3 Å². The Balaban J connectivity index is 2.19. The second kappa shape index (κ2) is 5.62. The van der Waals surface area contributed by atoms with Gasteiger partial charge in [0.05, 0.1) is 9.40 Å². The first-order valence-electron chi connectivity index (χ1n) is 5.83. The monoisotopic (exact) mass is 314 g/mol. The average Bonchev–Trinajstić information content (AvgIpc) is 2.38. The van der Waals surface area contributed by atoms with E-state index in [9.17, 15) is 10.1 Å². The highest BCUT2D eigenvalue weighted by molar-refractivity contribution is 9.10. The van der Waals surface area contributed by atoms with Crippen LogP contribution in [0.2, 0.25) is 0 Å². The Labute approximate surface area is 114 Å². The summed E-state index contributed by atoms with van der Waals surface area (Å²) in [5.74, 6) is 0.745. The number of likely N-dealkylation sites (N-methyl/N-ethyl adjacent to an activating group) is 1. The smallest absolute Gasteiger partial charge is 0.288 e. The van der Waals surface area contributed by atoms with E-state index in [1.54, 1.807) is 0 Å². The van der Waals surface area contributed by atoms with Crippen molar-refractivity contribution in [3.05, 3.63) is 26.9 Å². The van der Waals surface area contributed by atoms with Gasteiger partial charge in [-0.15, -0.1) is 0 Å². The number of nitrogens with zero attached hydrogens (tertiary/aromatic N) is 3. The van der Waals surface area contributed by atoms with Crippen LogP contribution in [0.3, 0.4) is 0 Å². The van der Waals surface area contributed by atoms with Crippen LogP contribution in [0.25, 0.3) is 0 Å². The number of rotatable bonds is 3. The first kappa shape index (κ1) is 13.2. The van der Waals surface area contributed by atoms with Gasteiger partial charge in [-0.1, -0.05) is 0 Å². The summed E-state index contributed by atoms with van der Waals surface area (Å²) in [6, 6.07) is 1.87. The Morgan fingerprint density at radius 1 is 1.67 bits per heavy atom. The molecule has 1 saturated heterocycles. The lowest BCUT2D eigenvalue weighted by Crippen LogP contribution is -2.44. The van der Waals surface area contributed by atoms with Crippen molar-refractivity contribution in [2.75, 3.05) is 25.0 Å². The summed E-state index contributed by atoms with van der Waals surface area (Å²) in [4.78, 5) is 16.5. The highest BCUT2D eigenvalue weighted by Gasteiger charge is 2.21. The van der Waals surface area contributed by atoms with Gasteiger partial charge in [-0.3, -0.25) is 10.1 Å².